The minimum Gasteiger partial charge on any atom is -0.464 e. The van der Waals surface area contributed by atoms with Crippen molar-refractivity contribution in [1.82, 2.24) is 9.88 Å². The molecule has 0 bridgehead atoms. The monoisotopic (exact) mass is 516 g/mol. The summed E-state index contributed by atoms with van der Waals surface area (Å²) in [7, 11) is 0. The summed E-state index contributed by atoms with van der Waals surface area (Å²) >= 11 is 0. The van der Waals surface area contributed by atoms with Crippen LogP contribution >= 0.6 is 0 Å². The van der Waals surface area contributed by atoms with Gasteiger partial charge in [0.1, 0.15) is 17.3 Å². The van der Waals surface area contributed by atoms with E-state index in [9.17, 15) is 0 Å². The first-order valence-corrected chi connectivity index (χ1v) is 13.4. The summed E-state index contributed by atoms with van der Waals surface area (Å²) in [6, 6.07) is 43.8. The standard InChI is InChI=1S/C35H24N4O/c1-3-9-24(10-4-1)33-36-34(25-11-5-2-6-12-25)38-35(37-33)26-15-18-27(19-16-26)39-29-14-8-7-13-28(29)31-30(39)20-17-23-21-22-40-32(23)31/h1-22,33H,(H,36,37,38). The second kappa shape index (κ2) is 9.10. The molecule has 3 heterocycles. The highest BCUT2D eigenvalue weighted by Gasteiger charge is 2.21. The molecule has 5 nitrogen and oxygen atoms in total. The van der Waals surface area contributed by atoms with Crippen LogP contribution < -0.4 is 5.32 Å². The summed E-state index contributed by atoms with van der Waals surface area (Å²) in [5.74, 6) is 1.61. The third kappa shape index (κ3) is 3.63. The van der Waals surface area contributed by atoms with Crippen molar-refractivity contribution in [3.05, 3.63) is 150 Å². The van der Waals surface area contributed by atoms with E-state index in [0.29, 0.717) is 0 Å². The van der Waals surface area contributed by atoms with Crippen LogP contribution in [0.15, 0.2) is 148 Å². The zero-order valence-electron chi connectivity index (χ0n) is 21.5. The quantitative estimate of drug-likeness (QED) is 0.257. The van der Waals surface area contributed by atoms with Crippen molar-refractivity contribution in [2.75, 3.05) is 0 Å². The molecule has 1 aliphatic rings. The molecule has 5 aromatic carbocycles. The van der Waals surface area contributed by atoms with Gasteiger partial charge in [0.2, 0.25) is 0 Å². The van der Waals surface area contributed by atoms with Gasteiger partial charge < -0.3 is 14.3 Å². The first-order valence-electron chi connectivity index (χ1n) is 13.4. The summed E-state index contributed by atoms with van der Waals surface area (Å²) < 4.78 is 8.23. The molecule has 0 spiro atoms. The fraction of sp³-hybridized carbons (Fsp3) is 0.0286. The number of hydrogen-bond acceptors (Lipinski definition) is 4. The van der Waals surface area contributed by atoms with Crippen molar-refractivity contribution < 1.29 is 4.42 Å². The highest BCUT2D eigenvalue weighted by molar-refractivity contribution is 6.19. The second-order valence-electron chi connectivity index (χ2n) is 9.93. The van der Waals surface area contributed by atoms with Gasteiger partial charge >= 0.3 is 0 Å². The van der Waals surface area contributed by atoms with Crippen molar-refractivity contribution in [2.45, 2.75) is 6.17 Å². The Bertz CT molecular complexity index is 2070. The van der Waals surface area contributed by atoms with Crippen molar-refractivity contribution >= 4 is 44.4 Å². The SMILES string of the molecule is c1ccc(C2=NC(c3ccccc3)N=C(c3ccc(-n4c5ccccc5c5c6occc6ccc54)cc3)N2)cc1. The maximum atomic E-state index is 5.93. The molecule has 1 unspecified atom stereocenters. The minimum atomic E-state index is -0.319. The van der Waals surface area contributed by atoms with Gasteiger partial charge in [-0.15, -0.1) is 0 Å². The van der Waals surface area contributed by atoms with Crippen molar-refractivity contribution in [3.63, 3.8) is 0 Å². The number of amidine groups is 2. The molecule has 7 aromatic rings. The van der Waals surface area contributed by atoms with E-state index in [1.807, 2.05) is 42.5 Å². The van der Waals surface area contributed by atoms with Crippen molar-refractivity contribution in [2.24, 2.45) is 9.98 Å². The molecule has 0 fully saturated rings. The highest BCUT2D eigenvalue weighted by Crippen LogP contribution is 2.37. The van der Waals surface area contributed by atoms with Crippen LogP contribution in [-0.2, 0) is 0 Å². The van der Waals surface area contributed by atoms with Gasteiger partial charge in [-0.3, -0.25) is 0 Å². The highest BCUT2D eigenvalue weighted by atomic mass is 16.3. The average Bonchev–Trinajstić information content (AvgIpc) is 3.64. The minimum absolute atomic E-state index is 0.319. The molecule has 0 saturated carbocycles. The molecule has 5 heteroatoms. The van der Waals surface area contributed by atoms with E-state index < -0.39 is 0 Å². The van der Waals surface area contributed by atoms with Gasteiger partial charge in [0.15, 0.2) is 6.17 Å². The second-order valence-corrected chi connectivity index (χ2v) is 9.93. The lowest BCUT2D eigenvalue weighted by molar-refractivity contribution is 0.619. The molecular formula is C35H24N4O. The largest absolute Gasteiger partial charge is 0.464 e. The van der Waals surface area contributed by atoms with Crippen LogP contribution in [0.5, 0.6) is 0 Å². The molecule has 1 atom stereocenters. The fourth-order valence-corrected chi connectivity index (χ4v) is 5.64. The molecular weight excluding hydrogens is 492 g/mol. The summed E-state index contributed by atoms with van der Waals surface area (Å²) in [4.78, 5) is 9.97. The molecule has 0 amide bonds. The zero-order valence-corrected chi connectivity index (χ0v) is 21.5. The molecule has 40 heavy (non-hydrogen) atoms. The lowest BCUT2D eigenvalue weighted by Crippen LogP contribution is -2.36. The molecule has 190 valence electrons. The van der Waals surface area contributed by atoms with Crippen molar-refractivity contribution in [1.29, 1.82) is 0 Å². The van der Waals surface area contributed by atoms with Crippen LogP contribution in [0.4, 0.5) is 0 Å². The average molecular weight is 517 g/mol. The Hall–Kier alpha value is -5.42. The Morgan fingerprint density at radius 2 is 1.27 bits per heavy atom. The van der Waals surface area contributed by atoms with E-state index in [2.05, 4.69) is 94.8 Å². The lowest BCUT2D eigenvalue weighted by atomic mass is 10.1. The third-order valence-electron chi connectivity index (χ3n) is 7.54. The molecule has 1 aliphatic heterocycles. The normalized spacial score (nSPS) is 15.2. The molecule has 8 rings (SSSR count). The number of para-hydroxylation sites is 1. The van der Waals surface area contributed by atoms with Gasteiger partial charge in [-0.1, -0.05) is 78.9 Å². The third-order valence-corrected chi connectivity index (χ3v) is 7.54. The van der Waals surface area contributed by atoms with Crippen molar-refractivity contribution in [3.8, 4) is 5.69 Å². The smallest absolute Gasteiger partial charge is 0.169 e. The molecule has 0 radical (unpaired) electrons. The van der Waals surface area contributed by atoms with Gasteiger partial charge in [-0.05, 0) is 54.1 Å². The lowest BCUT2D eigenvalue weighted by Gasteiger charge is -2.22. The van der Waals surface area contributed by atoms with E-state index in [1.165, 1.54) is 5.39 Å². The number of hydrogen-bond donors (Lipinski definition) is 1. The number of rotatable bonds is 4. The maximum Gasteiger partial charge on any atom is 0.169 e. The summed E-state index contributed by atoms with van der Waals surface area (Å²) in [6.45, 7) is 0. The Labute approximate surface area is 230 Å². The summed E-state index contributed by atoms with van der Waals surface area (Å²) in [5.41, 5.74) is 7.35. The number of aromatic nitrogens is 1. The van der Waals surface area contributed by atoms with Crippen LogP contribution in [0, 0.1) is 0 Å². The number of fused-ring (bicyclic) bond motifs is 5. The zero-order chi connectivity index (χ0) is 26.5. The van der Waals surface area contributed by atoms with E-state index in [0.717, 1.165) is 61.4 Å². The number of nitrogens with one attached hydrogen (secondary N) is 1. The summed E-state index contributed by atoms with van der Waals surface area (Å²) in [5, 5.41) is 6.91. The van der Waals surface area contributed by atoms with Gasteiger partial charge in [-0.25, -0.2) is 9.98 Å². The number of benzene rings is 5. The topological polar surface area (TPSA) is 54.8 Å². The van der Waals surface area contributed by atoms with E-state index >= 15 is 0 Å². The summed E-state index contributed by atoms with van der Waals surface area (Å²) in [6.07, 6.45) is 1.44. The Morgan fingerprint density at radius 3 is 2.05 bits per heavy atom. The molecule has 0 aliphatic carbocycles. The van der Waals surface area contributed by atoms with Crippen LogP contribution in [0.25, 0.3) is 38.5 Å². The number of aliphatic imine (C=N–C) groups is 2. The number of nitrogens with zero attached hydrogens (tertiary/aromatic N) is 3. The van der Waals surface area contributed by atoms with Gasteiger partial charge in [0.25, 0.3) is 0 Å². The van der Waals surface area contributed by atoms with E-state index in [-0.39, 0.29) is 6.17 Å². The van der Waals surface area contributed by atoms with Gasteiger partial charge in [-0.2, -0.15) is 0 Å². The Kier molecular flexibility index (Phi) is 5.13. The van der Waals surface area contributed by atoms with E-state index in [4.69, 9.17) is 14.4 Å². The molecule has 0 saturated heterocycles. The Morgan fingerprint density at radius 1 is 0.600 bits per heavy atom. The molecule has 2 aromatic heterocycles. The van der Waals surface area contributed by atoms with Gasteiger partial charge in [0.05, 0.1) is 22.7 Å². The number of furan rings is 1. The van der Waals surface area contributed by atoms with Crippen LogP contribution in [0.2, 0.25) is 0 Å². The first kappa shape index (κ1) is 22.6. The first-order chi connectivity index (χ1) is 19.8. The van der Waals surface area contributed by atoms with Crippen LogP contribution in [0.3, 0.4) is 0 Å². The van der Waals surface area contributed by atoms with Gasteiger partial charge in [0, 0.05) is 27.6 Å². The predicted octanol–water partition coefficient (Wildman–Crippen LogP) is 8.03. The maximum absolute atomic E-state index is 5.93. The van der Waals surface area contributed by atoms with Crippen LogP contribution in [0.1, 0.15) is 22.9 Å². The Balaban J connectivity index is 1.23. The molecule has 1 N–H and O–H groups in total. The van der Waals surface area contributed by atoms with E-state index in [1.54, 1.807) is 6.26 Å². The predicted molar refractivity (Wildman–Crippen MR) is 162 cm³/mol. The van der Waals surface area contributed by atoms with Crippen LogP contribution in [-0.4, -0.2) is 16.2 Å². The fourth-order valence-electron chi connectivity index (χ4n) is 5.64.